The van der Waals surface area contributed by atoms with Crippen molar-refractivity contribution in [3.8, 4) is 0 Å². The highest BCUT2D eigenvalue weighted by atomic mass is 16.2. The van der Waals surface area contributed by atoms with Crippen LogP contribution in [0.25, 0.3) is 0 Å². The number of rotatable bonds is 4. The van der Waals surface area contributed by atoms with Crippen molar-refractivity contribution in [1.29, 1.82) is 0 Å². The normalized spacial score (nSPS) is 22.9. The van der Waals surface area contributed by atoms with Crippen LogP contribution in [0.2, 0.25) is 0 Å². The third-order valence-electron chi connectivity index (χ3n) is 4.76. The van der Waals surface area contributed by atoms with Crippen LogP contribution < -0.4 is 21.9 Å². The first-order valence-corrected chi connectivity index (χ1v) is 8.54. The number of amides is 1. The van der Waals surface area contributed by atoms with Crippen molar-refractivity contribution in [3.05, 3.63) is 20.8 Å². The number of aromatic amines is 1. The number of nitrogens with one attached hydrogen (secondary N) is 3. The van der Waals surface area contributed by atoms with Crippen LogP contribution in [0.5, 0.6) is 0 Å². The first kappa shape index (κ1) is 18.3. The van der Waals surface area contributed by atoms with E-state index in [4.69, 9.17) is 0 Å². The molecule has 0 radical (unpaired) electrons. The molecule has 24 heavy (non-hydrogen) atoms. The Labute approximate surface area is 141 Å². The molecule has 134 valence electrons. The molecule has 1 saturated carbocycles. The van der Waals surface area contributed by atoms with Gasteiger partial charge in [-0.2, -0.15) is 0 Å². The second-order valence-electron chi connectivity index (χ2n) is 7.58. The molecule has 0 bridgehead atoms. The van der Waals surface area contributed by atoms with Gasteiger partial charge in [0, 0.05) is 19.5 Å². The zero-order valence-corrected chi connectivity index (χ0v) is 15.2. The number of anilines is 2. The maximum atomic E-state index is 12.8. The van der Waals surface area contributed by atoms with Gasteiger partial charge in [-0.25, -0.2) is 4.79 Å². The van der Waals surface area contributed by atoms with Crippen LogP contribution in [-0.4, -0.2) is 22.5 Å². The SMILES string of the molecule is CCn1c(NC(=O)[C@@H]2C[C@H](C)CC(C)(C)C2)c(NC)c(=O)[nH]c1=O. The zero-order valence-electron chi connectivity index (χ0n) is 15.2. The summed E-state index contributed by atoms with van der Waals surface area (Å²) in [6.07, 6.45) is 2.73. The zero-order chi connectivity index (χ0) is 18.1. The predicted molar refractivity (Wildman–Crippen MR) is 95.5 cm³/mol. The Morgan fingerprint density at radius 3 is 2.54 bits per heavy atom. The van der Waals surface area contributed by atoms with Gasteiger partial charge in [0.15, 0.2) is 0 Å². The van der Waals surface area contributed by atoms with E-state index in [1.54, 1.807) is 14.0 Å². The van der Waals surface area contributed by atoms with Crippen LogP contribution in [0.3, 0.4) is 0 Å². The van der Waals surface area contributed by atoms with Crippen molar-refractivity contribution >= 4 is 17.4 Å². The smallest absolute Gasteiger partial charge is 0.330 e. The van der Waals surface area contributed by atoms with Gasteiger partial charge in [-0.1, -0.05) is 20.8 Å². The lowest BCUT2D eigenvalue weighted by Gasteiger charge is -2.38. The minimum Gasteiger partial charge on any atom is -0.381 e. The molecule has 1 amide bonds. The lowest BCUT2D eigenvalue weighted by Crippen LogP contribution is -2.38. The van der Waals surface area contributed by atoms with Crippen molar-refractivity contribution in [2.45, 2.75) is 53.5 Å². The number of H-pyrrole nitrogens is 1. The fourth-order valence-corrected chi connectivity index (χ4v) is 4.00. The Morgan fingerprint density at radius 2 is 2.00 bits per heavy atom. The van der Waals surface area contributed by atoms with Crippen molar-refractivity contribution in [1.82, 2.24) is 9.55 Å². The molecule has 0 spiro atoms. The summed E-state index contributed by atoms with van der Waals surface area (Å²) in [7, 11) is 1.59. The monoisotopic (exact) mass is 336 g/mol. The van der Waals surface area contributed by atoms with Crippen LogP contribution >= 0.6 is 0 Å². The number of hydrogen-bond donors (Lipinski definition) is 3. The molecule has 3 N–H and O–H groups in total. The van der Waals surface area contributed by atoms with Gasteiger partial charge in [-0.05, 0) is 37.5 Å². The first-order valence-electron chi connectivity index (χ1n) is 8.54. The lowest BCUT2D eigenvalue weighted by molar-refractivity contribution is -0.122. The molecule has 1 aliphatic rings. The molecule has 1 aromatic heterocycles. The van der Waals surface area contributed by atoms with Gasteiger partial charge in [0.2, 0.25) is 5.91 Å². The molecule has 7 heteroatoms. The summed E-state index contributed by atoms with van der Waals surface area (Å²) in [6, 6.07) is 0. The van der Waals surface area contributed by atoms with Gasteiger partial charge in [-0.15, -0.1) is 0 Å². The van der Waals surface area contributed by atoms with E-state index in [-0.39, 0.29) is 28.7 Å². The van der Waals surface area contributed by atoms with E-state index in [1.807, 2.05) is 0 Å². The summed E-state index contributed by atoms with van der Waals surface area (Å²) in [5.41, 5.74) is -0.730. The van der Waals surface area contributed by atoms with Gasteiger partial charge < -0.3 is 10.6 Å². The largest absolute Gasteiger partial charge is 0.381 e. The van der Waals surface area contributed by atoms with Gasteiger partial charge in [0.05, 0.1) is 0 Å². The Hall–Kier alpha value is -2.05. The van der Waals surface area contributed by atoms with Crippen molar-refractivity contribution in [3.63, 3.8) is 0 Å². The van der Waals surface area contributed by atoms with Crippen LogP contribution in [0.4, 0.5) is 11.5 Å². The van der Waals surface area contributed by atoms with Crippen LogP contribution in [-0.2, 0) is 11.3 Å². The van der Waals surface area contributed by atoms with Crippen LogP contribution in [0, 0.1) is 17.3 Å². The minimum atomic E-state index is -0.528. The quantitative estimate of drug-likeness (QED) is 0.783. The van der Waals surface area contributed by atoms with Crippen LogP contribution in [0.15, 0.2) is 9.59 Å². The fraction of sp³-hybridized carbons (Fsp3) is 0.706. The molecule has 2 rings (SSSR count). The summed E-state index contributed by atoms with van der Waals surface area (Å²) < 4.78 is 1.36. The van der Waals surface area contributed by atoms with Crippen LogP contribution in [0.1, 0.15) is 47.0 Å². The second-order valence-corrected chi connectivity index (χ2v) is 7.58. The van der Waals surface area contributed by atoms with E-state index in [1.165, 1.54) is 4.57 Å². The number of hydrogen-bond acceptors (Lipinski definition) is 4. The molecular formula is C17H28N4O3. The van der Waals surface area contributed by atoms with Gasteiger partial charge in [0.25, 0.3) is 5.56 Å². The molecule has 0 unspecified atom stereocenters. The third-order valence-corrected chi connectivity index (χ3v) is 4.76. The van der Waals surface area contributed by atoms with E-state index in [0.29, 0.717) is 12.5 Å². The Morgan fingerprint density at radius 1 is 1.33 bits per heavy atom. The maximum Gasteiger partial charge on any atom is 0.330 e. The molecule has 0 aromatic carbocycles. The molecule has 7 nitrogen and oxygen atoms in total. The second kappa shape index (κ2) is 6.83. The summed E-state index contributed by atoms with van der Waals surface area (Å²) in [5, 5.41) is 5.61. The summed E-state index contributed by atoms with van der Waals surface area (Å²) in [4.78, 5) is 39.0. The Kier molecular flexibility index (Phi) is 5.20. The van der Waals surface area contributed by atoms with Gasteiger partial charge in [-0.3, -0.25) is 19.1 Å². The number of carbonyl (C=O) groups excluding carboxylic acids is 1. The topological polar surface area (TPSA) is 96.0 Å². The standard InChI is InChI=1S/C17H28N4O3/c1-6-21-13(12(18-5)15(23)20-16(21)24)19-14(22)11-7-10(2)8-17(3,4)9-11/h10-11,18H,6-9H2,1-5H3,(H,19,22)(H,20,23,24)/t10-,11+/m0/s1. The van der Waals surface area contributed by atoms with Gasteiger partial charge >= 0.3 is 5.69 Å². The average Bonchev–Trinajstić information content (AvgIpc) is 2.45. The molecule has 2 atom stereocenters. The number of nitrogens with zero attached hydrogens (tertiary/aromatic N) is 1. The number of aromatic nitrogens is 2. The molecule has 0 saturated heterocycles. The lowest BCUT2D eigenvalue weighted by atomic mass is 9.68. The minimum absolute atomic E-state index is 0.115. The molecule has 1 heterocycles. The highest BCUT2D eigenvalue weighted by molar-refractivity contribution is 5.94. The fourth-order valence-electron chi connectivity index (χ4n) is 4.00. The Balaban J connectivity index is 2.35. The van der Waals surface area contributed by atoms with E-state index in [2.05, 4.69) is 36.4 Å². The van der Waals surface area contributed by atoms with Crippen molar-refractivity contribution in [2.24, 2.45) is 17.3 Å². The molecule has 0 aliphatic heterocycles. The maximum absolute atomic E-state index is 12.8. The van der Waals surface area contributed by atoms with Crippen molar-refractivity contribution in [2.75, 3.05) is 17.7 Å². The first-order chi connectivity index (χ1) is 11.2. The highest BCUT2D eigenvalue weighted by Crippen LogP contribution is 2.42. The predicted octanol–water partition coefficient (Wildman–Crippen LogP) is 2.00. The molecule has 1 fully saturated rings. The molecule has 1 aromatic rings. The number of carbonyl (C=O) groups is 1. The van der Waals surface area contributed by atoms with Gasteiger partial charge in [0.1, 0.15) is 11.5 Å². The summed E-state index contributed by atoms with van der Waals surface area (Å²) in [5.74, 6) is 0.474. The van der Waals surface area contributed by atoms with E-state index < -0.39 is 11.2 Å². The molecular weight excluding hydrogens is 308 g/mol. The molecule has 1 aliphatic carbocycles. The van der Waals surface area contributed by atoms with E-state index in [0.717, 1.165) is 19.3 Å². The summed E-state index contributed by atoms with van der Waals surface area (Å²) >= 11 is 0. The highest BCUT2D eigenvalue weighted by Gasteiger charge is 2.36. The van der Waals surface area contributed by atoms with Crippen molar-refractivity contribution < 1.29 is 4.79 Å². The third kappa shape index (κ3) is 3.71. The summed E-state index contributed by atoms with van der Waals surface area (Å²) in [6.45, 7) is 8.66. The van der Waals surface area contributed by atoms with E-state index in [9.17, 15) is 14.4 Å². The Bertz CT molecular complexity index is 696. The van der Waals surface area contributed by atoms with E-state index >= 15 is 0 Å². The average molecular weight is 336 g/mol.